The van der Waals surface area contributed by atoms with Crippen molar-refractivity contribution in [3.8, 4) is 0 Å². The van der Waals surface area contributed by atoms with Gasteiger partial charge in [-0.05, 0) is 31.6 Å². The highest BCUT2D eigenvalue weighted by molar-refractivity contribution is 5.84. The Morgan fingerprint density at radius 2 is 1.84 bits per heavy atom. The average Bonchev–Trinajstić information content (AvgIpc) is 2.56. The highest BCUT2D eigenvalue weighted by Crippen LogP contribution is 2.21. The molecule has 112 valence electrons. The van der Waals surface area contributed by atoms with Crippen LogP contribution < -0.4 is 5.32 Å². The predicted octanol–water partition coefficient (Wildman–Crippen LogP) is 2.24. The van der Waals surface area contributed by atoms with E-state index in [0.717, 1.165) is 12.8 Å². The Hall–Kier alpha value is -0.610. The minimum Gasteiger partial charge on any atom is -0.380 e. The molecular weight excluding hydrogens is 240 g/mol. The molecule has 2 atom stereocenters. The predicted molar refractivity (Wildman–Crippen MR) is 77.8 cm³/mol. The molecule has 1 aliphatic rings. The summed E-state index contributed by atoms with van der Waals surface area (Å²) in [6.07, 6.45) is 2.10. The zero-order chi connectivity index (χ0) is 14.4. The molecule has 1 rings (SSSR count). The van der Waals surface area contributed by atoms with Crippen molar-refractivity contribution in [3.05, 3.63) is 0 Å². The van der Waals surface area contributed by atoms with Gasteiger partial charge >= 0.3 is 0 Å². The highest BCUT2D eigenvalue weighted by atomic mass is 16.5. The van der Waals surface area contributed by atoms with Gasteiger partial charge in [0.1, 0.15) is 0 Å². The summed E-state index contributed by atoms with van der Waals surface area (Å²) in [6.45, 7) is 12.7. The Kier molecular flexibility index (Phi) is 6.80. The Morgan fingerprint density at radius 3 is 2.37 bits per heavy atom. The maximum absolute atomic E-state index is 12.4. The molecule has 1 saturated heterocycles. The average molecular weight is 270 g/mol. The third-order valence-electron chi connectivity index (χ3n) is 3.43. The molecule has 19 heavy (non-hydrogen) atoms. The van der Waals surface area contributed by atoms with E-state index in [-0.39, 0.29) is 18.1 Å². The number of hydrogen-bond donors (Lipinski definition) is 1. The van der Waals surface area contributed by atoms with Crippen molar-refractivity contribution >= 4 is 5.91 Å². The minimum atomic E-state index is -0.00891. The van der Waals surface area contributed by atoms with E-state index < -0.39 is 0 Å². The lowest BCUT2D eigenvalue weighted by atomic mass is 10.0. The first-order chi connectivity index (χ1) is 8.95. The summed E-state index contributed by atoms with van der Waals surface area (Å²) < 4.78 is 5.39. The fourth-order valence-electron chi connectivity index (χ4n) is 2.60. The molecule has 4 heteroatoms. The molecule has 1 fully saturated rings. The summed E-state index contributed by atoms with van der Waals surface area (Å²) in [4.78, 5) is 14.4. The van der Waals surface area contributed by atoms with Crippen LogP contribution in [0.1, 0.15) is 47.5 Å². The van der Waals surface area contributed by atoms with Crippen molar-refractivity contribution in [3.63, 3.8) is 0 Å². The van der Waals surface area contributed by atoms with Gasteiger partial charge in [0, 0.05) is 13.2 Å². The first-order valence-electron chi connectivity index (χ1n) is 7.60. The number of carbonyl (C=O) groups excluding carboxylic acids is 1. The van der Waals surface area contributed by atoms with E-state index in [4.69, 9.17) is 4.74 Å². The standard InChI is InChI=1S/C15H30N2O2/c1-6-19-8-7-17-14(10-12(4)5)16-13(15(17)18)9-11(2)3/h11-14,16H,6-10H2,1-5H3. The highest BCUT2D eigenvalue weighted by Gasteiger charge is 2.38. The SMILES string of the molecule is CCOCCN1C(=O)C(CC(C)C)NC1CC(C)C. The van der Waals surface area contributed by atoms with Crippen LogP contribution in [0, 0.1) is 11.8 Å². The van der Waals surface area contributed by atoms with Crippen molar-refractivity contribution < 1.29 is 9.53 Å². The third-order valence-corrected chi connectivity index (χ3v) is 3.43. The molecule has 0 aromatic rings. The summed E-state index contributed by atoms with van der Waals surface area (Å²) in [5, 5.41) is 3.50. The van der Waals surface area contributed by atoms with Crippen LogP contribution in [0.3, 0.4) is 0 Å². The zero-order valence-electron chi connectivity index (χ0n) is 13.1. The van der Waals surface area contributed by atoms with Gasteiger partial charge in [-0.25, -0.2) is 0 Å². The van der Waals surface area contributed by atoms with Crippen molar-refractivity contribution in [2.24, 2.45) is 11.8 Å². The van der Waals surface area contributed by atoms with Gasteiger partial charge in [-0.15, -0.1) is 0 Å². The third kappa shape index (κ3) is 5.11. The molecule has 1 N–H and O–H groups in total. The van der Waals surface area contributed by atoms with Crippen LogP contribution in [-0.4, -0.2) is 42.8 Å². The van der Waals surface area contributed by atoms with Crippen LogP contribution in [0.25, 0.3) is 0 Å². The lowest BCUT2D eigenvalue weighted by molar-refractivity contribution is -0.131. The molecule has 4 nitrogen and oxygen atoms in total. The van der Waals surface area contributed by atoms with Gasteiger partial charge < -0.3 is 9.64 Å². The summed E-state index contributed by atoms with van der Waals surface area (Å²) in [5.74, 6) is 1.37. The molecule has 1 aliphatic heterocycles. The fourth-order valence-corrected chi connectivity index (χ4v) is 2.60. The smallest absolute Gasteiger partial charge is 0.241 e. The number of ether oxygens (including phenoxy) is 1. The van der Waals surface area contributed by atoms with Crippen LogP contribution >= 0.6 is 0 Å². The number of nitrogens with zero attached hydrogens (tertiary/aromatic N) is 1. The topological polar surface area (TPSA) is 41.6 Å². The first kappa shape index (κ1) is 16.4. The molecule has 0 aromatic heterocycles. The summed E-state index contributed by atoms with van der Waals surface area (Å²) in [7, 11) is 0. The van der Waals surface area contributed by atoms with E-state index in [0.29, 0.717) is 31.6 Å². The van der Waals surface area contributed by atoms with Gasteiger partial charge in [0.25, 0.3) is 0 Å². The fraction of sp³-hybridized carbons (Fsp3) is 0.933. The number of rotatable bonds is 8. The number of amides is 1. The molecule has 0 aromatic carbocycles. The molecule has 0 bridgehead atoms. The van der Waals surface area contributed by atoms with Crippen molar-refractivity contribution in [2.75, 3.05) is 19.8 Å². The molecule has 2 unspecified atom stereocenters. The number of nitrogens with one attached hydrogen (secondary N) is 1. The van der Waals surface area contributed by atoms with Gasteiger partial charge in [-0.1, -0.05) is 27.7 Å². The van der Waals surface area contributed by atoms with Crippen molar-refractivity contribution in [1.82, 2.24) is 10.2 Å². The Balaban J connectivity index is 2.62. The Morgan fingerprint density at radius 1 is 1.21 bits per heavy atom. The van der Waals surface area contributed by atoms with Gasteiger partial charge in [-0.2, -0.15) is 0 Å². The van der Waals surface area contributed by atoms with Crippen molar-refractivity contribution in [1.29, 1.82) is 0 Å². The lowest BCUT2D eigenvalue weighted by Crippen LogP contribution is -2.40. The summed E-state index contributed by atoms with van der Waals surface area (Å²) in [5.41, 5.74) is 0. The Labute approximate surface area is 117 Å². The summed E-state index contributed by atoms with van der Waals surface area (Å²) >= 11 is 0. The largest absolute Gasteiger partial charge is 0.380 e. The van der Waals surface area contributed by atoms with Gasteiger partial charge in [-0.3, -0.25) is 10.1 Å². The molecule has 1 heterocycles. The number of carbonyl (C=O) groups is 1. The van der Waals surface area contributed by atoms with Crippen LogP contribution in [0.15, 0.2) is 0 Å². The van der Waals surface area contributed by atoms with Crippen LogP contribution in [0.4, 0.5) is 0 Å². The van der Waals surface area contributed by atoms with E-state index in [2.05, 4.69) is 33.0 Å². The van der Waals surface area contributed by atoms with Gasteiger partial charge in [0.05, 0.1) is 18.8 Å². The lowest BCUT2D eigenvalue weighted by Gasteiger charge is -2.25. The minimum absolute atomic E-state index is 0.00891. The van der Waals surface area contributed by atoms with Crippen LogP contribution in [-0.2, 0) is 9.53 Å². The second-order valence-corrected chi connectivity index (χ2v) is 6.22. The van der Waals surface area contributed by atoms with E-state index in [1.54, 1.807) is 0 Å². The molecule has 0 spiro atoms. The summed E-state index contributed by atoms with van der Waals surface area (Å²) in [6, 6.07) is -0.00891. The van der Waals surface area contributed by atoms with Crippen LogP contribution in [0.2, 0.25) is 0 Å². The van der Waals surface area contributed by atoms with Crippen molar-refractivity contribution in [2.45, 2.75) is 59.7 Å². The van der Waals surface area contributed by atoms with Crippen LogP contribution in [0.5, 0.6) is 0 Å². The maximum Gasteiger partial charge on any atom is 0.241 e. The van der Waals surface area contributed by atoms with E-state index in [1.807, 2.05) is 11.8 Å². The van der Waals surface area contributed by atoms with E-state index in [1.165, 1.54) is 0 Å². The monoisotopic (exact) mass is 270 g/mol. The molecular formula is C15H30N2O2. The maximum atomic E-state index is 12.4. The quantitative estimate of drug-likeness (QED) is 0.688. The zero-order valence-corrected chi connectivity index (χ0v) is 13.1. The second-order valence-electron chi connectivity index (χ2n) is 6.22. The molecule has 0 radical (unpaired) electrons. The van der Waals surface area contributed by atoms with E-state index >= 15 is 0 Å². The molecule has 1 amide bonds. The van der Waals surface area contributed by atoms with E-state index in [9.17, 15) is 4.79 Å². The second kappa shape index (κ2) is 7.85. The Bertz CT molecular complexity index is 279. The first-order valence-corrected chi connectivity index (χ1v) is 7.60. The van der Waals surface area contributed by atoms with Gasteiger partial charge in [0.15, 0.2) is 0 Å². The molecule has 0 saturated carbocycles. The number of hydrogen-bond acceptors (Lipinski definition) is 3. The molecule has 0 aliphatic carbocycles. The van der Waals surface area contributed by atoms with Gasteiger partial charge in [0.2, 0.25) is 5.91 Å². The normalized spacial score (nSPS) is 23.9.